The third-order valence-electron chi connectivity index (χ3n) is 3.92. The van der Waals surface area contributed by atoms with Crippen molar-refractivity contribution in [3.8, 4) is 0 Å². The SMILES string of the molecule is Cc1cc(C)cc(NC(=S)NC2CCCCCCC2)c1. The summed E-state index contributed by atoms with van der Waals surface area (Å²) in [5.41, 5.74) is 3.62. The normalized spacial score (nSPS) is 17.1. The fourth-order valence-electron chi connectivity index (χ4n) is 3.00. The van der Waals surface area contributed by atoms with Crippen LogP contribution in [0.25, 0.3) is 0 Å². The smallest absolute Gasteiger partial charge is 0.170 e. The first-order chi connectivity index (χ1) is 9.63. The maximum absolute atomic E-state index is 5.46. The minimum atomic E-state index is 0.543. The van der Waals surface area contributed by atoms with Crippen LogP contribution in [0.5, 0.6) is 0 Å². The monoisotopic (exact) mass is 290 g/mol. The second kappa shape index (κ2) is 7.63. The summed E-state index contributed by atoms with van der Waals surface area (Å²) >= 11 is 5.46. The number of nitrogens with one attached hydrogen (secondary N) is 2. The Morgan fingerprint density at radius 2 is 1.50 bits per heavy atom. The minimum Gasteiger partial charge on any atom is -0.360 e. The molecule has 20 heavy (non-hydrogen) atoms. The van der Waals surface area contributed by atoms with Crippen molar-refractivity contribution in [2.75, 3.05) is 5.32 Å². The van der Waals surface area contributed by atoms with Gasteiger partial charge in [-0.1, -0.05) is 38.2 Å². The molecule has 2 rings (SSSR count). The first-order valence-corrected chi connectivity index (χ1v) is 8.20. The first kappa shape index (κ1) is 15.3. The third kappa shape index (κ3) is 5.12. The summed E-state index contributed by atoms with van der Waals surface area (Å²) in [6, 6.07) is 7.00. The molecular weight excluding hydrogens is 264 g/mol. The lowest BCUT2D eigenvalue weighted by Gasteiger charge is -2.23. The van der Waals surface area contributed by atoms with Crippen molar-refractivity contribution >= 4 is 23.0 Å². The molecule has 1 aliphatic carbocycles. The van der Waals surface area contributed by atoms with Crippen LogP contribution >= 0.6 is 12.2 Å². The van der Waals surface area contributed by atoms with Crippen molar-refractivity contribution < 1.29 is 0 Å². The lowest BCUT2D eigenvalue weighted by molar-refractivity contribution is 0.430. The van der Waals surface area contributed by atoms with E-state index in [1.54, 1.807) is 0 Å². The molecule has 0 spiro atoms. The van der Waals surface area contributed by atoms with E-state index in [4.69, 9.17) is 12.2 Å². The van der Waals surface area contributed by atoms with Crippen molar-refractivity contribution in [2.24, 2.45) is 0 Å². The first-order valence-electron chi connectivity index (χ1n) is 7.79. The zero-order valence-electron chi connectivity index (χ0n) is 12.7. The molecule has 0 unspecified atom stereocenters. The molecular formula is C17H26N2S. The molecule has 110 valence electrons. The van der Waals surface area contributed by atoms with Crippen molar-refractivity contribution in [1.82, 2.24) is 5.32 Å². The molecule has 2 nitrogen and oxygen atoms in total. The predicted octanol–water partition coefficient (Wildman–Crippen LogP) is 4.70. The van der Waals surface area contributed by atoms with E-state index in [-0.39, 0.29) is 0 Å². The van der Waals surface area contributed by atoms with Crippen LogP contribution in [-0.2, 0) is 0 Å². The van der Waals surface area contributed by atoms with Gasteiger partial charge in [0.05, 0.1) is 0 Å². The van der Waals surface area contributed by atoms with E-state index in [1.165, 1.54) is 56.1 Å². The van der Waals surface area contributed by atoms with Gasteiger partial charge in [-0.15, -0.1) is 0 Å². The molecule has 1 fully saturated rings. The van der Waals surface area contributed by atoms with Crippen molar-refractivity contribution in [1.29, 1.82) is 0 Å². The quantitative estimate of drug-likeness (QED) is 0.772. The van der Waals surface area contributed by atoms with Crippen molar-refractivity contribution in [2.45, 2.75) is 64.8 Å². The Morgan fingerprint density at radius 1 is 0.950 bits per heavy atom. The van der Waals surface area contributed by atoms with Gasteiger partial charge in [-0.2, -0.15) is 0 Å². The van der Waals surface area contributed by atoms with Gasteiger partial charge >= 0.3 is 0 Å². The highest BCUT2D eigenvalue weighted by Crippen LogP contribution is 2.18. The van der Waals surface area contributed by atoms with E-state index in [9.17, 15) is 0 Å². The second-order valence-electron chi connectivity index (χ2n) is 6.02. The number of aryl methyl sites for hydroxylation is 2. The summed E-state index contributed by atoms with van der Waals surface area (Å²) in [5.74, 6) is 0. The van der Waals surface area contributed by atoms with Gasteiger partial charge in [-0.05, 0) is 62.2 Å². The van der Waals surface area contributed by atoms with Crippen LogP contribution in [0.3, 0.4) is 0 Å². The number of anilines is 1. The van der Waals surface area contributed by atoms with Gasteiger partial charge in [0.1, 0.15) is 0 Å². The van der Waals surface area contributed by atoms with Crippen LogP contribution in [0.2, 0.25) is 0 Å². The maximum Gasteiger partial charge on any atom is 0.170 e. The minimum absolute atomic E-state index is 0.543. The van der Waals surface area contributed by atoms with Gasteiger partial charge in [0.15, 0.2) is 5.11 Å². The van der Waals surface area contributed by atoms with Crippen LogP contribution < -0.4 is 10.6 Å². The van der Waals surface area contributed by atoms with E-state index in [1.807, 2.05) is 0 Å². The summed E-state index contributed by atoms with van der Waals surface area (Å²) in [6.07, 6.45) is 9.28. The van der Waals surface area contributed by atoms with Gasteiger partial charge < -0.3 is 10.6 Å². The Labute approximate surface area is 128 Å². The summed E-state index contributed by atoms with van der Waals surface area (Å²) in [5, 5.41) is 7.59. The number of hydrogen-bond donors (Lipinski definition) is 2. The van der Waals surface area contributed by atoms with Gasteiger partial charge in [0.25, 0.3) is 0 Å². The highest BCUT2D eigenvalue weighted by Gasteiger charge is 2.12. The van der Waals surface area contributed by atoms with E-state index in [2.05, 4.69) is 42.7 Å². The largest absolute Gasteiger partial charge is 0.360 e. The zero-order chi connectivity index (χ0) is 14.4. The molecule has 2 N–H and O–H groups in total. The van der Waals surface area contributed by atoms with Crippen LogP contribution in [0.15, 0.2) is 18.2 Å². The topological polar surface area (TPSA) is 24.1 Å². The average Bonchev–Trinajstić information content (AvgIpc) is 2.31. The third-order valence-corrected chi connectivity index (χ3v) is 4.14. The predicted molar refractivity (Wildman–Crippen MR) is 91.4 cm³/mol. The fourth-order valence-corrected chi connectivity index (χ4v) is 3.28. The molecule has 0 atom stereocenters. The average molecular weight is 290 g/mol. The summed E-state index contributed by atoms with van der Waals surface area (Å²) in [7, 11) is 0. The Bertz CT molecular complexity index is 428. The van der Waals surface area contributed by atoms with E-state index in [0.29, 0.717) is 6.04 Å². The maximum atomic E-state index is 5.46. The molecule has 0 amide bonds. The van der Waals surface area contributed by atoms with Crippen molar-refractivity contribution in [3.05, 3.63) is 29.3 Å². The van der Waals surface area contributed by atoms with E-state index >= 15 is 0 Å². The van der Waals surface area contributed by atoms with E-state index in [0.717, 1.165) is 10.8 Å². The molecule has 1 aromatic carbocycles. The van der Waals surface area contributed by atoms with Crippen LogP contribution in [0, 0.1) is 13.8 Å². The number of benzene rings is 1. The van der Waals surface area contributed by atoms with Gasteiger partial charge in [0, 0.05) is 11.7 Å². The Morgan fingerprint density at radius 3 is 2.10 bits per heavy atom. The molecule has 0 bridgehead atoms. The Hall–Kier alpha value is -1.09. The second-order valence-corrected chi connectivity index (χ2v) is 6.43. The zero-order valence-corrected chi connectivity index (χ0v) is 13.5. The molecule has 1 saturated carbocycles. The van der Waals surface area contributed by atoms with Gasteiger partial charge in [-0.25, -0.2) is 0 Å². The molecule has 1 aliphatic rings. The number of rotatable bonds is 2. The fraction of sp³-hybridized carbons (Fsp3) is 0.588. The van der Waals surface area contributed by atoms with Crippen LogP contribution in [0.4, 0.5) is 5.69 Å². The molecule has 0 saturated heterocycles. The van der Waals surface area contributed by atoms with Crippen LogP contribution in [0.1, 0.15) is 56.1 Å². The molecule has 0 aromatic heterocycles. The van der Waals surface area contributed by atoms with Gasteiger partial charge in [-0.3, -0.25) is 0 Å². The summed E-state index contributed by atoms with van der Waals surface area (Å²) in [4.78, 5) is 0. The molecule has 0 radical (unpaired) electrons. The lowest BCUT2D eigenvalue weighted by atomic mass is 9.97. The van der Waals surface area contributed by atoms with E-state index < -0.39 is 0 Å². The summed E-state index contributed by atoms with van der Waals surface area (Å²) in [6.45, 7) is 4.23. The molecule has 0 aliphatic heterocycles. The summed E-state index contributed by atoms with van der Waals surface area (Å²) < 4.78 is 0. The standard InChI is InChI=1S/C17H26N2S/c1-13-10-14(2)12-16(11-13)19-17(20)18-15-8-6-4-3-5-7-9-15/h10-12,15H,3-9H2,1-2H3,(H2,18,19,20). The lowest BCUT2D eigenvalue weighted by Crippen LogP contribution is -2.38. The number of hydrogen-bond acceptors (Lipinski definition) is 1. The Balaban J connectivity index is 1.87. The number of thiocarbonyl (C=S) groups is 1. The Kier molecular flexibility index (Phi) is 5.84. The van der Waals surface area contributed by atoms with Crippen molar-refractivity contribution in [3.63, 3.8) is 0 Å². The highest BCUT2D eigenvalue weighted by molar-refractivity contribution is 7.80. The highest BCUT2D eigenvalue weighted by atomic mass is 32.1. The molecule has 1 aromatic rings. The van der Waals surface area contributed by atoms with Gasteiger partial charge in [0.2, 0.25) is 0 Å². The van der Waals surface area contributed by atoms with Crippen LogP contribution in [-0.4, -0.2) is 11.2 Å². The molecule has 3 heteroatoms. The molecule has 0 heterocycles.